The fourth-order valence-electron chi connectivity index (χ4n) is 2.52. The van der Waals surface area contributed by atoms with E-state index < -0.39 is 37.2 Å². The minimum Gasteiger partial charge on any atom is -0.534 e. The summed E-state index contributed by atoms with van der Waals surface area (Å²) in [6.07, 6.45) is 2.11. The maximum atomic E-state index is 12.4. The molecule has 2 rings (SSSR count). The Hall–Kier alpha value is -2.20. The molecular formula is C18H24BNO7S. The van der Waals surface area contributed by atoms with E-state index in [9.17, 15) is 19.4 Å². The van der Waals surface area contributed by atoms with Crippen molar-refractivity contribution >= 4 is 36.7 Å². The topological polar surface area (TPSA) is 111 Å². The Morgan fingerprint density at radius 2 is 2.04 bits per heavy atom. The van der Waals surface area contributed by atoms with Gasteiger partial charge in [-0.1, -0.05) is 12.1 Å². The molecule has 0 spiro atoms. The van der Waals surface area contributed by atoms with Crippen LogP contribution in [-0.4, -0.2) is 54.7 Å². The summed E-state index contributed by atoms with van der Waals surface area (Å²) in [5.74, 6) is -1.60. The average molecular weight is 409 g/mol. The standard InChI is InChI=1S/C18H24BNO7S/c1-18(2,3)17(23)26-10-25-16(22)12-7-5-6-11-8-13(19(24)27-15(11)12)20-14(21)9-28-4/h5-7,13,24H,8-10H2,1-4H3,(H,20,21)/t13-/m0/s1. The lowest BCUT2D eigenvalue weighted by Gasteiger charge is -2.29. The molecule has 2 N–H and O–H groups in total. The second kappa shape index (κ2) is 9.33. The monoisotopic (exact) mass is 409 g/mol. The Bertz CT molecular complexity index is 750. The van der Waals surface area contributed by atoms with E-state index in [0.29, 0.717) is 12.0 Å². The van der Waals surface area contributed by atoms with Crippen LogP contribution in [0.3, 0.4) is 0 Å². The van der Waals surface area contributed by atoms with E-state index in [1.54, 1.807) is 39.2 Å². The van der Waals surface area contributed by atoms with Crippen LogP contribution in [0, 0.1) is 5.41 Å². The molecule has 10 heteroatoms. The maximum absolute atomic E-state index is 12.4. The van der Waals surface area contributed by atoms with Crippen molar-refractivity contribution in [1.29, 1.82) is 0 Å². The van der Waals surface area contributed by atoms with Crippen molar-refractivity contribution in [3.63, 3.8) is 0 Å². The van der Waals surface area contributed by atoms with Gasteiger partial charge in [0.1, 0.15) is 11.3 Å². The minimum atomic E-state index is -1.30. The lowest BCUT2D eigenvalue weighted by molar-refractivity contribution is -0.161. The van der Waals surface area contributed by atoms with Gasteiger partial charge in [-0.15, -0.1) is 0 Å². The fourth-order valence-corrected chi connectivity index (χ4v) is 2.86. The van der Waals surface area contributed by atoms with Gasteiger partial charge in [-0.25, -0.2) is 4.79 Å². The summed E-state index contributed by atoms with van der Waals surface area (Å²) in [5, 5.41) is 12.9. The van der Waals surface area contributed by atoms with Gasteiger partial charge in [-0.2, -0.15) is 11.8 Å². The summed E-state index contributed by atoms with van der Waals surface area (Å²) >= 11 is 1.37. The van der Waals surface area contributed by atoms with Crippen molar-refractivity contribution in [1.82, 2.24) is 5.32 Å². The van der Waals surface area contributed by atoms with Crippen LogP contribution < -0.4 is 9.97 Å². The quantitative estimate of drug-likeness (QED) is 0.410. The molecule has 0 fully saturated rings. The molecule has 1 amide bonds. The number of hydrogen-bond donors (Lipinski definition) is 2. The number of esters is 2. The first-order chi connectivity index (χ1) is 13.1. The van der Waals surface area contributed by atoms with E-state index >= 15 is 0 Å². The zero-order valence-electron chi connectivity index (χ0n) is 16.3. The summed E-state index contributed by atoms with van der Waals surface area (Å²) in [6, 6.07) is 4.88. The molecule has 8 nitrogen and oxygen atoms in total. The Morgan fingerprint density at radius 1 is 1.32 bits per heavy atom. The van der Waals surface area contributed by atoms with Crippen LogP contribution in [0.4, 0.5) is 0 Å². The second-order valence-corrected chi connectivity index (χ2v) is 8.21. The SMILES string of the molecule is CSCC(=O)N[C@H]1Cc2cccc(C(=O)OCOC(=O)C(C)(C)C)c2OB1O. The molecule has 152 valence electrons. The molecule has 28 heavy (non-hydrogen) atoms. The van der Waals surface area contributed by atoms with Gasteiger partial charge in [0.2, 0.25) is 12.7 Å². The maximum Gasteiger partial charge on any atom is 0.547 e. The van der Waals surface area contributed by atoms with Crippen LogP contribution in [-0.2, 0) is 25.5 Å². The number of fused-ring (bicyclic) bond motifs is 1. The van der Waals surface area contributed by atoms with Crippen LogP contribution in [0.15, 0.2) is 18.2 Å². The number of rotatable bonds is 6. The van der Waals surface area contributed by atoms with Crippen molar-refractivity contribution in [3.8, 4) is 5.75 Å². The molecule has 1 aliphatic rings. The number of hydrogen-bond acceptors (Lipinski definition) is 8. The summed E-state index contributed by atoms with van der Waals surface area (Å²) in [6.45, 7) is 4.55. The van der Waals surface area contributed by atoms with Crippen molar-refractivity contribution in [3.05, 3.63) is 29.3 Å². The zero-order valence-corrected chi connectivity index (χ0v) is 17.1. The molecular weight excluding hydrogens is 385 g/mol. The van der Waals surface area contributed by atoms with Crippen molar-refractivity contribution in [2.45, 2.75) is 33.1 Å². The largest absolute Gasteiger partial charge is 0.547 e. The number of benzene rings is 1. The molecule has 0 saturated heterocycles. The summed E-state index contributed by atoms with van der Waals surface area (Å²) < 4.78 is 15.4. The zero-order chi connectivity index (χ0) is 20.9. The van der Waals surface area contributed by atoms with E-state index in [4.69, 9.17) is 14.1 Å². The number of nitrogens with one attached hydrogen (secondary N) is 1. The normalized spacial score (nSPS) is 15.9. The van der Waals surface area contributed by atoms with Crippen LogP contribution in [0.2, 0.25) is 0 Å². The highest BCUT2D eigenvalue weighted by Crippen LogP contribution is 2.30. The van der Waals surface area contributed by atoms with Gasteiger partial charge in [0, 0.05) is 0 Å². The third kappa shape index (κ3) is 5.65. The van der Waals surface area contributed by atoms with Crippen molar-refractivity contribution in [2.24, 2.45) is 5.41 Å². The van der Waals surface area contributed by atoms with Crippen LogP contribution >= 0.6 is 11.8 Å². The molecule has 1 heterocycles. The average Bonchev–Trinajstić information content (AvgIpc) is 2.61. The van der Waals surface area contributed by atoms with E-state index in [0.717, 1.165) is 0 Å². The number of carbonyl (C=O) groups excluding carboxylic acids is 3. The van der Waals surface area contributed by atoms with Gasteiger partial charge < -0.3 is 24.5 Å². The predicted octanol–water partition coefficient (Wildman–Crippen LogP) is 1.19. The minimum absolute atomic E-state index is 0.109. The van der Waals surface area contributed by atoms with Crippen LogP contribution in [0.5, 0.6) is 5.75 Å². The molecule has 1 atom stereocenters. The third-order valence-corrected chi connectivity index (χ3v) is 4.50. The fraction of sp³-hybridized carbons (Fsp3) is 0.500. The van der Waals surface area contributed by atoms with Gasteiger partial charge in [0.15, 0.2) is 0 Å². The smallest absolute Gasteiger partial charge is 0.534 e. The highest BCUT2D eigenvalue weighted by Gasteiger charge is 2.37. The highest BCUT2D eigenvalue weighted by atomic mass is 32.2. The number of carbonyl (C=O) groups is 3. The number of ether oxygens (including phenoxy) is 2. The van der Waals surface area contributed by atoms with E-state index in [2.05, 4.69) is 5.32 Å². The van der Waals surface area contributed by atoms with Crippen molar-refractivity contribution < 1.29 is 33.5 Å². The van der Waals surface area contributed by atoms with Crippen LogP contribution in [0.25, 0.3) is 0 Å². The molecule has 1 aromatic rings. The first-order valence-electron chi connectivity index (χ1n) is 8.72. The molecule has 1 aliphatic heterocycles. The summed E-state index contributed by atoms with van der Waals surface area (Å²) in [7, 11) is -1.30. The second-order valence-electron chi connectivity index (χ2n) is 7.34. The number of thioether (sulfide) groups is 1. The molecule has 0 bridgehead atoms. The first-order valence-corrected chi connectivity index (χ1v) is 10.1. The summed E-state index contributed by atoms with van der Waals surface area (Å²) in [4.78, 5) is 35.8. The summed E-state index contributed by atoms with van der Waals surface area (Å²) in [5.41, 5.74) is 0.0551. The predicted molar refractivity (Wildman–Crippen MR) is 105 cm³/mol. The Morgan fingerprint density at radius 3 is 2.68 bits per heavy atom. The van der Waals surface area contributed by atoms with Gasteiger partial charge in [0.05, 0.1) is 17.1 Å². The molecule has 0 unspecified atom stereocenters. The molecule has 0 aliphatic carbocycles. The van der Waals surface area contributed by atoms with Gasteiger partial charge in [-0.05, 0) is 45.1 Å². The lowest BCUT2D eigenvalue weighted by Crippen LogP contribution is -2.53. The molecule has 1 aromatic carbocycles. The van der Waals surface area contributed by atoms with Gasteiger partial charge in [0.25, 0.3) is 0 Å². The van der Waals surface area contributed by atoms with E-state index in [1.807, 2.05) is 0 Å². The molecule has 0 radical (unpaired) electrons. The van der Waals surface area contributed by atoms with E-state index in [1.165, 1.54) is 17.8 Å². The highest BCUT2D eigenvalue weighted by molar-refractivity contribution is 7.99. The molecule has 0 saturated carbocycles. The lowest BCUT2D eigenvalue weighted by atomic mass is 9.72. The van der Waals surface area contributed by atoms with Gasteiger partial charge >= 0.3 is 19.1 Å². The molecule has 0 aromatic heterocycles. The number of amides is 1. The number of para-hydroxylation sites is 1. The Labute approximate surface area is 168 Å². The Balaban J connectivity index is 2.04. The third-order valence-electron chi connectivity index (χ3n) is 3.95. The first kappa shape index (κ1) is 22.1. The van der Waals surface area contributed by atoms with Crippen molar-refractivity contribution in [2.75, 3.05) is 18.8 Å². The van der Waals surface area contributed by atoms with Gasteiger partial charge in [-0.3, -0.25) is 9.59 Å². The Kier molecular flexibility index (Phi) is 7.37. The van der Waals surface area contributed by atoms with Crippen LogP contribution in [0.1, 0.15) is 36.7 Å². The van der Waals surface area contributed by atoms with E-state index in [-0.39, 0.29) is 23.0 Å².